The van der Waals surface area contributed by atoms with Gasteiger partial charge in [0, 0.05) is 6.08 Å². The van der Waals surface area contributed by atoms with E-state index in [4.69, 9.17) is 19.3 Å². The van der Waals surface area contributed by atoms with Gasteiger partial charge in [0.2, 0.25) is 0 Å². The molecular formula is C36H36O6. The molecule has 0 unspecified atom stereocenters. The number of rotatable bonds is 10. The molecule has 6 heteroatoms. The van der Waals surface area contributed by atoms with E-state index in [0.29, 0.717) is 19.0 Å². The third-order valence-electron chi connectivity index (χ3n) is 7.61. The van der Waals surface area contributed by atoms with Gasteiger partial charge in [-0.1, -0.05) is 48.5 Å². The van der Waals surface area contributed by atoms with Crippen LogP contribution < -0.4 is 9.47 Å². The average molecular weight is 565 g/mol. The molecule has 0 spiro atoms. The molecule has 0 saturated heterocycles. The smallest absolute Gasteiger partial charge is 0.331 e. The zero-order valence-electron chi connectivity index (χ0n) is 24.4. The molecule has 0 bridgehead atoms. The lowest BCUT2D eigenvalue weighted by Crippen LogP contribution is -2.21. The van der Waals surface area contributed by atoms with Crippen molar-refractivity contribution < 1.29 is 29.2 Å². The summed E-state index contributed by atoms with van der Waals surface area (Å²) in [5, 5.41) is 18.7. The van der Waals surface area contributed by atoms with Gasteiger partial charge >= 0.3 is 5.97 Å². The maximum atomic E-state index is 12.3. The number of carbonyl (C=O) groups is 1. The third-order valence-corrected chi connectivity index (χ3v) is 7.61. The first-order valence-electron chi connectivity index (χ1n) is 14.2. The van der Waals surface area contributed by atoms with Gasteiger partial charge in [0.15, 0.2) is 0 Å². The molecule has 0 saturated carbocycles. The van der Waals surface area contributed by atoms with Crippen molar-refractivity contribution in [3.05, 3.63) is 112 Å². The van der Waals surface area contributed by atoms with Gasteiger partial charge in [0.25, 0.3) is 0 Å². The molecule has 42 heavy (non-hydrogen) atoms. The zero-order chi connectivity index (χ0) is 29.8. The van der Waals surface area contributed by atoms with E-state index in [9.17, 15) is 9.90 Å². The molecule has 2 N–H and O–H groups in total. The predicted molar refractivity (Wildman–Crippen MR) is 165 cm³/mol. The van der Waals surface area contributed by atoms with Crippen LogP contribution in [-0.4, -0.2) is 42.1 Å². The summed E-state index contributed by atoms with van der Waals surface area (Å²) in [6.45, 7) is 8.45. The molecule has 6 nitrogen and oxygen atoms in total. The molecular weight excluding hydrogens is 528 g/mol. The van der Waals surface area contributed by atoms with Gasteiger partial charge < -0.3 is 24.4 Å². The fourth-order valence-electron chi connectivity index (χ4n) is 5.57. The van der Waals surface area contributed by atoms with Crippen LogP contribution in [0.5, 0.6) is 11.5 Å². The molecule has 0 fully saturated rings. The van der Waals surface area contributed by atoms with Crippen molar-refractivity contribution in [3.8, 4) is 33.8 Å². The molecule has 216 valence electrons. The SMILES string of the molecule is CCOC(=O)/C=C1\c2ccccc2-c2cc(OCc3cccc(-c4c(C)cc(OC[C@H](O)CO)cc4C)c3C)ccc21. The topological polar surface area (TPSA) is 85.2 Å². The molecule has 4 aromatic carbocycles. The van der Waals surface area contributed by atoms with E-state index in [0.717, 1.165) is 67.0 Å². The number of fused-ring (bicyclic) bond motifs is 3. The average Bonchev–Trinajstić information content (AvgIpc) is 3.28. The second-order valence-corrected chi connectivity index (χ2v) is 10.5. The number of aryl methyl sites for hydroxylation is 2. The first kappa shape index (κ1) is 29.1. The van der Waals surface area contributed by atoms with Gasteiger partial charge in [-0.2, -0.15) is 0 Å². The minimum atomic E-state index is -0.909. The number of ether oxygens (including phenoxy) is 3. The highest BCUT2D eigenvalue weighted by Gasteiger charge is 2.24. The zero-order valence-corrected chi connectivity index (χ0v) is 24.4. The minimum Gasteiger partial charge on any atom is -0.491 e. The van der Waals surface area contributed by atoms with Crippen molar-refractivity contribution >= 4 is 11.5 Å². The van der Waals surface area contributed by atoms with Crippen molar-refractivity contribution in [3.63, 3.8) is 0 Å². The van der Waals surface area contributed by atoms with Crippen molar-refractivity contribution in [2.75, 3.05) is 19.8 Å². The lowest BCUT2D eigenvalue weighted by molar-refractivity contribution is -0.137. The fraction of sp³-hybridized carbons (Fsp3) is 0.250. The number of benzene rings is 4. The van der Waals surface area contributed by atoms with Crippen molar-refractivity contribution in [2.45, 2.75) is 40.4 Å². The van der Waals surface area contributed by atoms with Gasteiger partial charge in [0.1, 0.15) is 30.8 Å². The number of hydrogen-bond donors (Lipinski definition) is 2. The lowest BCUT2D eigenvalue weighted by atomic mass is 9.90. The Morgan fingerprint density at radius 2 is 1.50 bits per heavy atom. The van der Waals surface area contributed by atoms with E-state index in [2.05, 4.69) is 25.1 Å². The van der Waals surface area contributed by atoms with Crippen LogP contribution in [0.1, 0.15) is 40.3 Å². The van der Waals surface area contributed by atoms with Crippen molar-refractivity contribution in [1.29, 1.82) is 0 Å². The predicted octanol–water partition coefficient (Wildman–Crippen LogP) is 6.57. The summed E-state index contributed by atoms with van der Waals surface area (Å²) in [4.78, 5) is 12.3. The Morgan fingerprint density at radius 1 is 0.810 bits per heavy atom. The molecule has 5 rings (SSSR count). The number of esters is 1. The van der Waals surface area contributed by atoms with Gasteiger partial charge in [0.05, 0.1) is 13.2 Å². The van der Waals surface area contributed by atoms with E-state index >= 15 is 0 Å². The lowest BCUT2D eigenvalue weighted by Gasteiger charge is -2.18. The molecule has 0 aliphatic heterocycles. The standard InChI is InChI=1S/C36H36O6/c1-5-40-35(39)18-34-31-11-7-6-10-30(31)33-17-27(13-14-32(33)34)41-20-25-9-8-12-29(24(25)4)36-22(2)15-28(16-23(36)3)42-21-26(38)19-37/h6-18,26,37-38H,5,19-21H2,1-4H3/b34-18+/t26-/m1/s1. The monoisotopic (exact) mass is 564 g/mol. The van der Waals surface area contributed by atoms with Gasteiger partial charge in [-0.25, -0.2) is 4.79 Å². The molecule has 1 aliphatic rings. The number of hydrogen-bond acceptors (Lipinski definition) is 6. The van der Waals surface area contributed by atoms with Crippen LogP contribution in [0, 0.1) is 20.8 Å². The minimum absolute atomic E-state index is 0.0395. The Balaban J connectivity index is 1.38. The van der Waals surface area contributed by atoms with Crippen LogP contribution >= 0.6 is 0 Å². The van der Waals surface area contributed by atoms with Crippen LogP contribution in [0.3, 0.4) is 0 Å². The molecule has 0 heterocycles. The van der Waals surface area contributed by atoms with Crippen LogP contribution in [0.25, 0.3) is 27.8 Å². The van der Waals surface area contributed by atoms with E-state index in [1.807, 2.05) is 68.4 Å². The van der Waals surface area contributed by atoms with Crippen LogP contribution in [0.4, 0.5) is 0 Å². The normalized spacial score (nSPS) is 13.4. The molecule has 1 aliphatic carbocycles. The Bertz CT molecular complexity index is 1630. The maximum Gasteiger partial charge on any atom is 0.331 e. The Labute approximate surface area is 246 Å². The third kappa shape index (κ3) is 5.96. The van der Waals surface area contributed by atoms with E-state index in [-0.39, 0.29) is 19.2 Å². The van der Waals surface area contributed by atoms with E-state index in [1.165, 1.54) is 0 Å². The first-order valence-corrected chi connectivity index (χ1v) is 14.2. The van der Waals surface area contributed by atoms with E-state index < -0.39 is 6.10 Å². The number of aliphatic hydroxyl groups is 2. The Kier molecular flexibility index (Phi) is 8.76. The number of aliphatic hydroxyl groups excluding tert-OH is 2. The highest BCUT2D eigenvalue weighted by Crippen LogP contribution is 2.45. The summed E-state index contributed by atoms with van der Waals surface area (Å²) in [5.41, 5.74) is 11.6. The molecule has 0 radical (unpaired) electrons. The highest BCUT2D eigenvalue weighted by molar-refractivity contribution is 6.07. The largest absolute Gasteiger partial charge is 0.491 e. The quantitative estimate of drug-likeness (QED) is 0.148. The fourth-order valence-corrected chi connectivity index (χ4v) is 5.57. The Hall–Kier alpha value is -4.39. The van der Waals surface area contributed by atoms with Crippen LogP contribution in [-0.2, 0) is 16.1 Å². The van der Waals surface area contributed by atoms with Crippen LogP contribution in [0.2, 0.25) is 0 Å². The summed E-state index contributed by atoms with van der Waals surface area (Å²) in [5.74, 6) is 1.07. The maximum absolute atomic E-state index is 12.3. The van der Waals surface area contributed by atoms with Gasteiger partial charge in [-0.15, -0.1) is 0 Å². The molecule has 4 aromatic rings. The second kappa shape index (κ2) is 12.6. The van der Waals surface area contributed by atoms with Gasteiger partial charge in [-0.05, 0) is 113 Å². The van der Waals surface area contributed by atoms with Crippen molar-refractivity contribution in [2.24, 2.45) is 0 Å². The summed E-state index contributed by atoms with van der Waals surface area (Å²) >= 11 is 0. The Morgan fingerprint density at radius 3 is 2.21 bits per heavy atom. The number of carbonyl (C=O) groups excluding carboxylic acids is 1. The molecule has 1 atom stereocenters. The summed E-state index contributed by atoms with van der Waals surface area (Å²) in [6.07, 6.45) is 0.665. The highest BCUT2D eigenvalue weighted by atomic mass is 16.5. The molecule has 0 aromatic heterocycles. The van der Waals surface area contributed by atoms with Crippen LogP contribution in [0.15, 0.2) is 78.9 Å². The second-order valence-electron chi connectivity index (χ2n) is 10.5. The van der Waals surface area contributed by atoms with Crippen molar-refractivity contribution in [1.82, 2.24) is 0 Å². The summed E-state index contributed by atoms with van der Waals surface area (Å²) in [6, 6.07) is 24.2. The molecule has 0 amide bonds. The first-order chi connectivity index (χ1) is 20.3. The van der Waals surface area contributed by atoms with E-state index in [1.54, 1.807) is 13.0 Å². The van der Waals surface area contributed by atoms with Gasteiger partial charge in [-0.3, -0.25) is 0 Å². The summed E-state index contributed by atoms with van der Waals surface area (Å²) in [7, 11) is 0. The summed E-state index contributed by atoms with van der Waals surface area (Å²) < 4.78 is 17.2.